The highest BCUT2D eigenvalue weighted by Gasteiger charge is 2.18. The molecule has 0 saturated heterocycles. The zero-order chi connectivity index (χ0) is 14.1. The van der Waals surface area contributed by atoms with Crippen LogP contribution in [0.4, 0.5) is 5.82 Å². The molecule has 6 heteroatoms. The summed E-state index contributed by atoms with van der Waals surface area (Å²) in [5.74, 6) is 1.87. The van der Waals surface area contributed by atoms with E-state index < -0.39 is 0 Å². The molecule has 20 heavy (non-hydrogen) atoms. The SMILES string of the molecule is CCn1cnc(-c2cc(Cl)c3c(c2)OCCCO3)c1N. The predicted octanol–water partition coefficient (Wildman–Crippen LogP) is 2.97. The fraction of sp³-hybridized carbons (Fsp3) is 0.357. The lowest BCUT2D eigenvalue weighted by atomic mass is 10.1. The van der Waals surface area contributed by atoms with Crippen LogP contribution in [-0.2, 0) is 6.54 Å². The first-order chi connectivity index (χ1) is 9.70. The van der Waals surface area contributed by atoms with Crippen LogP contribution < -0.4 is 15.2 Å². The number of fused-ring (bicyclic) bond motifs is 1. The summed E-state index contributed by atoms with van der Waals surface area (Å²) in [6, 6.07) is 3.69. The molecule has 2 heterocycles. The van der Waals surface area contributed by atoms with Crippen molar-refractivity contribution in [3.8, 4) is 22.8 Å². The molecule has 3 rings (SSSR count). The number of anilines is 1. The normalized spacial score (nSPS) is 14.1. The predicted molar refractivity (Wildman–Crippen MR) is 78.4 cm³/mol. The number of nitrogen functional groups attached to an aromatic ring is 1. The lowest BCUT2D eigenvalue weighted by Crippen LogP contribution is -2.00. The summed E-state index contributed by atoms with van der Waals surface area (Å²) < 4.78 is 13.2. The highest BCUT2D eigenvalue weighted by atomic mass is 35.5. The van der Waals surface area contributed by atoms with E-state index in [4.69, 9.17) is 26.8 Å². The monoisotopic (exact) mass is 293 g/mol. The van der Waals surface area contributed by atoms with Crippen molar-refractivity contribution in [2.45, 2.75) is 19.9 Å². The van der Waals surface area contributed by atoms with Gasteiger partial charge in [-0.05, 0) is 19.1 Å². The van der Waals surface area contributed by atoms with Gasteiger partial charge in [-0.1, -0.05) is 11.6 Å². The number of ether oxygens (including phenoxy) is 2. The molecule has 0 spiro atoms. The molecule has 1 aromatic heterocycles. The van der Waals surface area contributed by atoms with Crippen molar-refractivity contribution in [2.75, 3.05) is 18.9 Å². The second-order valence-electron chi connectivity index (χ2n) is 4.60. The van der Waals surface area contributed by atoms with Crippen LogP contribution in [0.1, 0.15) is 13.3 Å². The summed E-state index contributed by atoms with van der Waals surface area (Å²) in [6.07, 6.45) is 2.56. The van der Waals surface area contributed by atoms with Gasteiger partial charge in [-0.15, -0.1) is 0 Å². The molecule has 2 N–H and O–H groups in total. The van der Waals surface area contributed by atoms with Crippen LogP contribution >= 0.6 is 11.6 Å². The van der Waals surface area contributed by atoms with E-state index in [0.29, 0.717) is 41.2 Å². The van der Waals surface area contributed by atoms with Gasteiger partial charge in [-0.3, -0.25) is 0 Å². The van der Waals surface area contributed by atoms with Crippen LogP contribution in [0.5, 0.6) is 11.5 Å². The number of aryl methyl sites for hydroxylation is 1. The number of imidazole rings is 1. The smallest absolute Gasteiger partial charge is 0.179 e. The first-order valence-corrected chi connectivity index (χ1v) is 6.98. The Kier molecular flexibility index (Phi) is 3.44. The molecule has 1 aliphatic heterocycles. The van der Waals surface area contributed by atoms with Gasteiger partial charge in [0.25, 0.3) is 0 Å². The van der Waals surface area contributed by atoms with Gasteiger partial charge in [0.2, 0.25) is 0 Å². The minimum Gasteiger partial charge on any atom is -0.489 e. The Morgan fingerprint density at radius 1 is 1.35 bits per heavy atom. The van der Waals surface area contributed by atoms with Gasteiger partial charge in [0.15, 0.2) is 11.5 Å². The van der Waals surface area contributed by atoms with E-state index in [1.165, 1.54) is 0 Å². The van der Waals surface area contributed by atoms with Gasteiger partial charge in [0.05, 0.1) is 24.6 Å². The van der Waals surface area contributed by atoms with Crippen LogP contribution in [0.2, 0.25) is 5.02 Å². The van der Waals surface area contributed by atoms with E-state index in [0.717, 1.165) is 18.5 Å². The van der Waals surface area contributed by atoms with Crippen molar-refractivity contribution in [3.05, 3.63) is 23.5 Å². The van der Waals surface area contributed by atoms with E-state index in [1.807, 2.05) is 23.6 Å². The third kappa shape index (κ3) is 2.18. The molecule has 2 aromatic rings. The Balaban J connectivity index is 2.08. The molecule has 5 nitrogen and oxygen atoms in total. The minimum absolute atomic E-state index is 0.518. The maximum absolute atomic E-state index is 6.28. The molecule has 0 atom stereocenters. The lowest BCUT2D eigenvalue weighted by Gasteiger charge is -2.11. The fourth-order valence-corrected chi connectivity index (χ4v) is 2.50. The zero-order valence-corrected chi connectivity index (χ0v) is 12.0. The summed E-state index contributed by atoms with van der Waals surface area (Å²) in [7, 11) is 0. The molecule has 0 fully saturated rings. The van der Waals surface area contributed by atoms with E-state index in [1.54, 1.807) is 6.33 Å². The summed E-state index contributed by atoms with van der Waals surface area (Å²) in [4.78, 5) is 4.35. The quantitative estimate of drug-likeness (QED) is 0.924. The van der Waals surface area contributed by atoms with E-state index in [9.17, 15) is 0 Å². The van der Waals surface area contributed by atoms with Crippen LogP contribution in [0.25, 0.3) is 11.3 Å². The number of benzene rings is 1. The first-order valence-electron chi connectivity index (χ1n) is 6.60. The second kappa shape index (κ2) is 5.25. The van der Waals surface area contributed by atoms with Crippen molar-refractivity contribution in [2.24, 2.45) is 0 Å². The molecule has 0 aliphatic carbocycles. The number of rotatable bonds is 2. The number of hydrogen-bond donors (Lipinski definition) is 1. The largest absolute Gasteiger partial charge is 0.489 e. The Hall–Kier alpha value is -1.88. The molecule has 1 aliphatic rings. The summed E-state index contributed by atoms with van der Waals surface area (Å²) in [6.45, 7) is 4.02. The second-order valence-corrected chi connectivity index (χ2v) is 5.01. The Bertz CT molecular complexity index is 640. The maximum Gasteiger partial charge on any atom is 0.179 e. The van der Waals surface area contributed by atoms with Gasteiger partial charge in [0, 0.05) is 18.5 Å². The van der Waals surface area contributed by atoms with Gasteiger partial charge in [0.1, 0.15) is 11.5 Å². The fourth-order valence-electron chi connectivity index (χ4n) is 2.23. The molecule has 1 aromatic carbocycles. The summed E-state index contributed by atoms with van der Waals surface area (Å²) in [5, 5.41) is 0.518. The number of halogens is 1. The first kappa shape index (κ1) is 13.1. The van der Waals surface area contributed by atoms with Crippen LogP contribution in [-0.4, -0.2) is 22.8 Å². The summed E-state index contributed by atoms with van der Waals surface area (Å²) in [5.41, 5.74) is 7.64. The van der Waals surface area contributed by atoms with Crippen molar-refractivity contribution < 1.29 is 9.47 Å². The topological polar surface area (TPSA) is 62.3 Å². The average Bonchev–Trinajstić information content (AvgIpc) is 2.66. The highest BCUT2D eigenvalue weighted by Crippen LogP contribution is 2.41. The molecule has 0 saturated carbocycles. The molecular weight excluding hydrogens is 278 g/mol. The molecule has 0 amide bonds. The number of nitrogens with two attached hydrogens (primary N) is 1. The third-order valence-corrected chi connectivity index (χ3v) is 3.58. The van der Waals surface area contributed by atoms with Gasteiger partial charge in [-0.2, -0.15) is 0 Å². The third-order valence-electron chi connectivity index (χ3n) is 3.29. The van der Waals surface area contributed by atoms with Crippen molar-refractivity contribution in [3.63, 3.8) is 0 Å². The Morgan fingerprint density at radius 3 is 2.90 bits per heavy atom. The van der Waals surface area contributed by atoms with Gasteiger partial charge >= 0.3 is 0 Å². The Labute approximate surface area is 122 Å². The molecule has 0 bridgehead atoms. The average molecular weight is 294 g/mol. The number of aromatic nitrogens is 2. The van der Waals surface area contributed by atoms with Gasteiger partial charge < -0.3 is 19.8 Å². The minimum atomic E-state index is 0.518. The van der Waals surface area contributed by atoms with Crippen molar-refractivity contribution >= 4 is 17.4 Å². The zero-order valence-electron chi connectivity index (χ0n) is 11.2. The van der Waals surface area contributed by atoms with Crippen molar-refractivity contribution in [1.82, 2.24) is 9.55 Å². The van der Waals surface area contributed by atoms with Gasteiger partial charge in [-0.25, -0.2) is 4.98 Å². The van der Waals surface area contributed by atoms with E-state index in [-0.39, 0.29) is 0 Å². The number of nitrogens with zero attached hydrogens (tertiary/aromatic N) is 2. The maximum atomic E-state index is 6.28. The van der Waals surface area contributed by atoms with Crippen LogP contribution in [0.15, 0.2) is 18.5 Å². The van der Waals surface area contributed by atoms with Crippen LogP contribution in [0.3, 0.4) is 0 Å². The van der Waals surface area contributed by atoms with Crippen LogP contribution in [0, 0.1) is 0 Å². The standard InChI is InChI=1S/C14H16ClN3O2/c1-2-18-8-17-12(14(18)16)9-6-10(15)13-11(7-9)19-4-3-5-20-13/h6-8H,2-5,16H2,1H3. The lowest BCUT2D eigenvalue weighted by molar-refractivity contribution is 0.297. The molecule has 0 radical (unpaired) electrons. The molecule has 0 unspecified atom stereocenters. The number of hydrogen-bond acceptors (Lipinski definition) is 4. The Morgan fingerprint density at radius 2 is 2.15 bits per heavy atom. The van der Waals surface area contributed by atoms with E-state index >= 15 is 0 Å². The molecular formula is C14H16ClN3O2. The van der Waals surface area contributed by atoms with E-state index in [2.05, 4.69) is 4.98 Å². The van der Waals surface area contributed by atoms with Crippen molar-refractivity contribution in [1.29, 1.82) is 0 Å². The summed E-state index contributed by atoms with van der Waals surface area (Å²) >= 11 is 6.28. The highest BCUT2D eigenvalue weighted by molar-refractivity contribution is 6.32. The molecule has 106 valence electrons.